The molecule has 0 fully saturated rings. The lowest BCUT2D eigenvalue weighted by Gasteiger charge is -1.93. The zero-order valence-electron chi connectivity index (χ0n) is 7.57. The highest BCUT2D eigenvalue weighted by molar-refractivity contribution is 9.10. The number of thiophene rings is 1. The van der Waals surface area contributed by atoms with Crippen molar-refractivity contribution in [1.82, 2.24) is 15.2 Å². The van der Waals surface area contributed by atoms with Crippen LogP contribution in [0.5, 0.6) is 0 Å². The zero-order valence-corrected chi connectivity index (χ0v) is 9.97. The Morgan fingerprint density at radius 2 is 2.33 bits per heavy atom. The number of rotatable bonds is 1. The number of pyridine rings is 1. The van der Waals surface area contributed by atoms with Crippen LogP contribution >= 0.6 is 27.3 Å². The molecule has 15 heavy (non-hydrogen) atoms. The Balaban J connectivity index is 2.32. The van der Waals surface area contributed by atoms with E-state index in [2.05, 4.69) is 42.6 Å². The van der Waals surface area contributed by atoms with Gasteiger partial charge in [-0.2, -0.15) is 16.4 Å². The summed E-state index contributed by atoms with van der Waals surface area (Å²) in [5.74, 6) is 0. The summed E-state index contributed by atoms with van der Waals surface area (Å²) >= 11 is 5.08. The molecule has 0 spiro atoms. The van der Waals surface area contributed by atoms with Crippen molar-refractivity contribution in [2.45, 2.75) is 0 Å². The van der Waals surface area contributed by atoms with Gasteiger partial charge in [0, 0.05) is 27.0 Å². The maximum absolute atomic E-state index is 4.28. The number of halogens is 1. The van der Waals surface area contributed by atoms with E-state index in [9.17, 15) is 0 Å². The minimum absolute atomic E-state index is 0.819. The van der Waals surface area contributed by atoms with Gasteiger partial charge in [0.1, 0.15) is 5.69 Å². The van der Waals surface area contributed by atoms with E-state index < -0.39 is 0 Å². The maximum Gasteiger partial charge on any atom is 0.155 e. The molecule has 0 amide bonds. The van der Waals surface area contributed by atoms with Gasteiger partial charge in [0.15, 0.2) is 5.65 Å². The Kier molecular flexibility index (Phi) is 2.07. The molecule has 0 bridgehead atoms. The van der Waals surface area contributed by atoms with Crippen LogP contribution in [0.1, 0.15) is 0 Å². The van der Waals surface area contributed by atoms with Crippen LogP contribution in [0.3, 0.4) is 0 Å². The standard InChI is InChI=1S/C10H6BrN3S/c11-7-3-8-9(6-1-2-15-5-6)13-14-10(8)12-4-7/h1-5H,(H,12,13,14). The quantitative estimate of drug-likeness (QED) is 0.741. The molecule has 74 valence electrons. The van der Waals surface area contributed by atoms with Crippen molar-refractivity contribution in [3.63, 3.8) is 0 Å². The molecule has 0 aromatic carbocycles. The lowest BCUT2D eigenvalue weighted by molar-refractivity contribution is 1.10. The van der Waals surface area contributed by atoms with E-state index in [4.69, 9.17) is 0 Å². The van der Waals surface area contributed by atoms with E-state index in [0.29, 0.717) is 0 Å². The molecule has 0 atom stereocenters. The first-order valence-corrected chi connectivity index (χ1v) is 6.10. The van der Waals surface area contributed by atoms with Crippen LogP contribution in [-0.4, -0.2) is 15.2 Å². The van der Waals surface area contributed by atoms with E-state index >= 15 is 0 Å². The largest absolute Gasteiger partial charge is 0.260 e. The molecule has 1 N–H and O–H groups in total. The van der Waals surface area contributed by atoms with E-state index in [1.165, 1.54) is 0 Å². The first-order chi connectivity index (χ1) is 7.34. The van der Waals surface area contributed by atoms with Gasteiger partial charge in [-0.25, -0.2) is 4.98 Å². The second-order valence-corrected chi connectivity index (χ2v) is 4.83. The van der Waals surface area contributed by atoms with Gasteiger partial charge in [0.2, 0.25) is 0 Å². The molecule has 3 heterocycles. The van der Waals surface area contributed by atoms with E-state index in [1.54, 1.807) is 17.5 Å². The topological polar surface area (TPSA) is 41.6 Å². The van der Waals surface area contributed by atoms with E-state index in [0.717, 1.165) is 26.8 Å². The summed E-state index contributed by atoms with van der Waals surface area (Å²) in [6.07, 6.45) is 1.76. The van der Waals surface area contributed by atoms with Gasteiger partial charge in [0.05, 0.1) is 0 Å². The minimum atomic E-state index is 0.819. The fraction of sp³-hybridized carbons (Fsp3) is 0. The van der Waals surface area contributed by atoms with Gasteiger partial charge >= 0.3 is 0 Å². The van der Waals surface area contributed by atoms with Gasteiger partial charge in [0.25, 0.3) is 0 Å². The highest BCUT2D eigenvalue weighted by atomic mass is 79.9. The van der Waals surface area contributed by atoms with Gasteiger partial charge in [-0.3, -0.25) is 5.10 Å². The Hall–Kier alpha value is -1.20. The van der Waals surface area contributed by atoms with Crippen LogP contribution in [0.25, 0.3) is 22.3 Å². The molecule has 3 nitrogen and oxygen atoms in total. The number of aromatic nitrogens is 3. The van der Waals surface area contributed by atoms with Crippen LogP contribution in [-0.2, 0) is 0 Å². The normalized spacial score (nSPS) is 11.0. The van der Waals surface area contributed by atoms with Gasteiger partial charge in [-0.15, -0.1) is 0 Å². The predicted octanol–water partition coefficient (Wildman–Crippen LogP) is 3.45. The number of hydrogen-bond donors (Lipinski definition) is 1. The van der Waals surface area contributed by atoms with Crippen molar-refractivity contribution in [2.24, 2.45) is 0 Å². The number of nitrogens with zero attached hydrogens (tertiary/aromatic N) is 2. The molecule has 0 saturated heterocycles. The van der Waals surface area contributed by atoms with E-state index in [-0.39, 0.29) is 0 Å². The summed E-state index contributed by atoms with van der Waals surface area (Å²) in [4.78, 5) is 4.25. The monoisotopic (exact) mass is 279 g/mol. The number of nitrogens with one attached hydrogen (secondary N) is 1. The molecule has 0 aliphatic heterocycles. The minimum Gasteiger partial charge on any atom is -0.260 e. The number of aromatic amines is 1. The second kappa shape index (κ2) is 3.43. The molecular formula is C10H6BrN3S. The summed E-state index contributed by atoms with van der Waals surface area (Å²) in [5.41, 5.74) is 2.91. The molecule has 0 aliphatic carbocycles. The summed E-state index contributed by atoms with van der Waals surface area (Å²) in [5, 5.41) is 12.4. The summed E-state index contributed by atoms with van der Waals surface area (Å²) in [6.45, 7) is 0. The highest BCUT2D eigenvalue weighted by Gasteiger charge is 2.09. The smallest absolute Gasteiger partial charge is 0.155 e. The van der Waals surface area contributed by atoms with Crippen LogP contribution < -0.4 is 0 Å². The lowest BCUT2D eigenvalue weighted by Crippen LogP contribution is -1.76. The summed E-state index contributed by atoms with van der Waals surface area (Å²) < 4.78 is 0.966. The molecule has 5 heteroatoms. The maximum atomic E-state index is 4.28. The molecule has 0 unspecified atom stereocenters. The Morgan fingerprint density at radius 1 is 1.40 bits per heavy atom. The van der Waals surface area contributed by atoms with Gasteiger partial charge in [-0.1, -0.05) is 0 Å². The number of hydrogen-bond acceptors (Lipinski definition) is 3. The second-order valence-electron chi connectivity index (χ2n) is 3.13. The average molecular weight is 280 g/mol. The molecule has 3 rings (SSSR count). The van der Waals surface area contributed by atoms with Crippen molar-refractivity contribution in [3.8, 4) is 11.3 Å². The van der Waals surface area contributed by atoms with Crippen molar-refractivity contribution in [3.05, 3.63) is 33.6 Å². The Bertz CT molecular complexity index is 600. The highest BCUT2D eigenvalue weighted by Crippen LogP contribution is 2.28. The van der Waals surface area contributed by atoms with Crippen LogP contribution in [0.2, 0.25) is 0 Å². The van der Waals surface area contributed by atoms with Crippen molar-refractivity contribution >= 4 is 38.3 Å². The van der Waals surface area contributed by atoms with Crippen LogP contribution in [0.4, 0.5) is 0 Å². The predicted molar refractivity (Wildman–Crippen MR) is 64.9 cm³/mol. The number of H-pyrrole nitrogens is 1. The molecular weight excluding hydrogens is 274 g/mol. The molecule has 3 aromatic heterocycles. The average Bonchev–Trinajstić information content (AvgIpc) is 2.83. The van der Waals surface area contributed by atoms with Crippen molar-refractivity contribution in [1.29, 1.82) is 0 Å². The molecule has 0 radical (unpaired) electrons. The first kappa shape index (κ1) is 9.06. The zero-order chi connectivity index (χ0) is 10.3. The van der Waals surface area contributed by atoms with Gasteiger partial charge < -0.3 is 0 Å². The van der Waals surface area contributed by atoms with Crippen LogP contribution in [0, 0.1) is 0 Å². The third-order valence-electron chi connectivity index (χ3n) is 2.18. The summed E-state index contributed by atoms with van der Waals surface area (Å²) in [6, 6.07) is 4.08. The fourth-order valence-electron chi connectivity index (χ4n) is 1.50. The Morgan fingerprint density at radius 3 is 3.13 bits per heavy atom. The SMILES string of the molecule is Brc1cnc2[nH]nc(-c3ccsc3)c2c1. The van der Waals surface area contributed by atoms with Gasteiger partial charge in [-0.05, 0) is 33.4 Å². The Labute approximate surface area is 98.3 Å². The fourth-order valence-corrected chi connectivity index (χ4v) is 2.47. The molecule has 0 aliphatic rings. The third kappa shape index (κ3) is 1.48. The number of fused-ring (bicyclic) bond motifs is 1. The third-order valence-corrected chi connectivity index (χ3v) is 3.29. The van der Waals surface area contributed by atoms with Crippen LogP contribution in [0.15, 0.2) is 33.6 Å². The lowest BCUT2D eigenvalue weighted by atomic mass is 10.2. The van der Waals surface area contributed by atoms with E-state index in [1.807, 2.05) is 11.4 Å². The molecule has 0 saturated carbocycles. The summed E-state index contributed by atoms with van der Waals surface area (Å²) in [7, 11) is 0. The van der Waals surface area contributed by atoms with Crippen molar-refractivity contribution < 1.29 is 0 Å². The van der Waals surface area contributed by atoms with Crippen molar-refractivity contribution in [2.75, 3.05) is 0 Å². The molecule has 3 aromatic rings. The first-order valence-electron chi connectivity index (χ1n) is 4.37.